The predicted octanol–water partition coefficient (Wildman–Crippen LogP) is 3.91. The summed E-state index contributed by atoms with van der Waals surface area (Å²) in [6.45, 7) is 2.23. The van der Waals surface area contributed by atoms with E-state index in [4.69, 9.17) is 0 Å². The number of aromatic nitrogens is 2. The fourth-order valence-corrected chi connectivity index (χ4v) is 2.25. The number of aryl methyl sites for hydroxylation is 1. The van der Waals surface area contributed by atoms with Crippen molar-refractivity contribution in [2.24, 2.45) is 0 Å². The summed E-state index contributed by atoms with van der Waals surface area (Å²) in [6, 6.07) is 14.8. The van der Waals surface area contributed by atoms with E-state index in [-0.39, 0.29) is 11.8 Å². The van der Waals surface area contributed by atoms with Crippen molar-refractivity contribution >= 4 is 11.7 Å². The number of anilines is 1. The first-order valence-corrected chi connectivity index (χ1v) is 7.79. The average molecular weight is 336 g/mol. The number of rotatable bonds is 4. The second kappa shape index (κ2) is 7.53. The van der Waals surface area contributed by atoms with E-state index in [1.54, 1.807) is 30.5 Å². The van der Waals surface area contributed by atoms with E-state index < -0.39 is 0 Å². The van der Waals surface area contributed by atoms with E-state index in [2.05, 4.69) is 20.6 Å². The number of carbonyl (C=O) groups is 1. The number of hydrogen-bond acceptors (Lipinski definition) is 3. The van der Waals surface area contributed by atoms with Gasteiger partial charge in [0.1, 0.15) is 5.82 Å². The molecule has 5 nitrogen and oxygen atoms in total. The van der Waals surface area contributed by atoms with Crippen LogP contribution in [0.1, 0.15) is 11.3 Å². The summed E-state index contributed by atoms with van der Waals surface area (Å²) in [5.41, 5.74) is 3.25. The van der Waals surface area contributed by atoms with Gasteiger partial charge in [0.05, 0.1) is 0 Å². The van der Waals surface area contributed by atoms with Gasteiger partial charge in [0.2, 0.25) is 0 Å². The highest BCUT2D eigenvalue weighted by molar-refractivity contribution is 5.89. The fraction of sp³-hybridized carbons (Fsp3) is 0.105. The Hall–Kier alpha value is -3.28. The van der Waals surface area contributed by atoms with Gasteiger partial charge in [-0.3, -0.25) is 0 Å². The standard InChI is InChI=1S/C19H17FN4O/c1-13-10-11-21-18(23-13)15-4-8-17(9-5-15)24-19(25)22-12-14-2-6-16(20)7-3-14/h2-11H,12H2,1H3,(H2,22,24,25). The van der Waals surface area contributed by atoms with Gasteiger partial charge in [0, 0.05) is 29.7 Å². The van der Waals surface area contributed by atoms with E-state index in [9.17, 15) is 9.18 Å². The van der Waals surface area contributed by atoms with Crippen LogP contribution in [0, 0.1) is 12.7 Å². The topological polar surface area (TPSA) is 66.9 Å². The molecule has 0 aliphatic heterocycles. The van der Waals surface area contributed by atoms with Gasteiger partial charge in [0.25, 0.3) is 0 Å². The van der Waals surface area contributed by atoms with Crippen LogP contribution in [0.2, 0.25) is 0 Å². The zero-order chi connectivity index (χ0) is 17.6. The summed E-state index contributed by atoms with van der Waals surface area (Å²) >= 11 is 0. The van der Waals surface area contributed by atoms with E-state index in [1.165, 1.54) is 12.1 Å². The Balaban J connectivity index is 1.57. The van der Waals surface area contributed by atoms with Gasteiger partial charge >= 0.3 is 6.03 Å². The summed E-state index contributed by atoms with van der Waals surface area (Å²) in [4.78, 5) is 20.5. The molecule has 126 valence electrons. The molecule has 2 amide bonds. The van der Waals surface area contributed by atoms with Crippen LogP contribution < -0.4 is 10.6 Å². The van der Waals surface area contributed by atoms with Crippen molar-refractivity contribution in [2.45, 2.75) is 13.5 Å². The van der Waals surface area contributed by atoms with Crippen molar-refractivity contribution in [1.82, 2.24) is 15.3 Å². The van der Waals surface area contributed by atoms with Crippen LogP contribution in [0.4, 0.5) is 14.9 Å². The lowest BCUT2D eigenvalue weighted by atomic mass is 10.2. The van der Waals surface area contributed by atoms with Crippen molar-refractivity contribution in [3.63, 3.8) is 0 Å². The summed E-state index contributed by atoms with van der Waals surface area (Å²) in [5, 5.41) is 5.47. The largest absolute Gasteiger partial charge is 0.334 e. The maximum Gasteiger partial charge on any atom is 0.319 e. The summed E-state index contributed by atoms with van der Waals surface area (Å²) in [6.07, 6.45) is 1.72. The SMILES string of the molecule is Cc1ccnc(-c2ccc(NC(=O)NCc3ccc(F)cc3)cc2)n1. The molecular formula is C19H17FN4O. The smallest absolute Gasteiger partial charge is 0.319 e. The van der Waals surface area contributed by atoms with Crippen LogP contribution in [0.25, 0.3) is 11.4 Å². The van der Waals surface area contributed by atoms with E-state index in [0.29, 0.717) is 18.1 Å². The fourth-order valence-electron chi connectivity index (χ4n) is 2.25. The van der Waals surface area contributed by atoms with E-state index in [0.717, 1.165) is 16.8 Å². The van der Waals surface area contributed by atoms with Gasteiger partial charge in [-0.15, -0.1) is 0 Å². The molecular weight excluding hydrogens is 319 g/mol. The Labute approximate surface area is 145 Å². The first kappa shape index (κ1) is 16.6. The molecule has 2 aromatic carbocycles. The Morgan fingerprint density at radius 1 is 1.04 bits per heavy atom. The lowest BCUT2D eigenvalue weighted by Gasteiger charge is -2.08. The minimum absolute atomic E-state index is 0.300. The molecule has 0 unspecified atom stereocenters. The maximum atomic E-state index is 12.8. The normalized spacial score (nSPS) is 10.3. The van der Waals surface area contributed by atoms with Gasteiger partial charge in [0.15, 0.2) is 5.82 Å². The predicted molar refractivity (Wildman–Crippen MR) is 94.5 cm³/mol. The van der Waals surface area contributed by atoms with Crippen LogP contribution >= 0.6 is 0 Å². The highest BCUT2D eigenvalue weighted by Gasteiger charge is 2.04. The molecule has 0 aliphatic rings. The maximum absolute atomic E-state index is 12.8. The summed E-state index contributed by atoms with van der Waals surface area (Å²) in [7, 11) is 0. The lowest BCUT2D eigenvalue weighted by molar-refractivity contribution is 0.251. The van der Waals surface area contributed by atoms with Crippen molar-refractivity contribution in [1.29, 1.82) is 0 Å². The quantitative estimate of drug-likeness (QED) is 0.759. The van der Waals surface area contributed by atoms with Crippen molar-refractivity contribution in [2.75, 3.05) is 5.32 Å². The second-order valence-corrected chi connectivity index (χ2v) is 5.53. The Morgan fingerprint density at radius 2 is 1.76 bits per heavy atom. The third kappa shape index (κ3) is 4.60. The minimum atomic E-state index is -0.330. The number of urea groups is 1. The molecule has 1 aromatic heterocycles. The molecule has 1 heterocycles. The second-order valence-electron chi connectivity index (χ2n) is 5.53. The van der Waals surface area contributed by atoms with Crippen LogP contribution in [0.15, 0.2) is 60.8 Å². The van der Waals surface area contributed by atoms with Gasteiger partial charge in [-0.1, -0.05) is 12.1 Å². The molecule has 3 rings (SSSR count). The Morgan fingerprint density at radius 3 is 2.44 bits per heavy atom. The first-order chi connectivity index (χ1) is 12.1. The number of carbonyl (C=O) groups excluding carboxylic acids is 1. The van der Waals surface area contributed by atoms with Crippen LogP contribution in [-0.2, 0) is 6.54 Å². The third-order valence-electron chi connectivity index (χ3n) is 3.56. The number of hydrogen-bond donors (Lipinski definition) is 2. The highest BCUT2D eigenvalue weighted by Crippen LogP contribution is 2.17. The molecule has 3 aromatic rings. The summed E-state index contributed by atoms with van der Waals surface area (Å²) in [5.74, 6) is 0.346. The van der Waals surface area contributed by atoms with Gasteiger partial charge in [-0.25, -0.2) is 19.2 Å². The van der Waals surface area contributed by atoms with Gasteiger partial charge in [-0.05, 0) is 55.0 Å². The van der Waals surface area contributed by atoms with Gasteiger partial charge < -0.3 is 10.6 Å². The number of benzene rings is 2. The summed E-state index contributed by atoms with van der Waals surface area (Å²) < 4.78 is 12.8. The molecule has 0 fully saturated rings. The van der Waals surface area contributed by atoms with Crippen LogP contribution in [-0.4, -0.2) is 16.0 Å². The zero-order valence-electron chi connectivity index (χ0n) is 13.7. The monoisotopic (exact) mass is 336 g/mol. The molecule has 6 heteroatoms. The molecule has 2 N–H and O–H groups in total. The molecule has 25 heavy (non-hydrogen) atoms. The van der Waals surface area contributed by atoms with Crippen molar-refractivity contribution in [3.05, 3.63) is 77.9 Å². The molecule has 0 saturated heterocycles. The zero-order valence-corrected chi connectivity index (χ0v) is 13.7. The molecule has 0 saturated carbocycles. The van der Waals surface area contributed by atoms with E-state index >= 15 is 0 Å². The highest BCUT2D eigenvalue weighted by atomic mass is 19.1. The minimum Gasteiger partial charge on any atom is -0.334 e. The molecule has 0 aliphatic carbocycles. The average Bonchev–Trinajstić information content (AvgIpc) is 2.62. The van der Waals surface area contributed by atoms with Crippen molar-refractivity contribution < 1.29 is 9.18 Å². The van der Waals surface area contributed by atoms with Crippen LogP contribution in [0.5, 0.6) is 0 Å². The molecule has 0 bridgehead atoms. The number of amides is 2. The number of nitrogens with zero attached hydrogens (tertiary/aromatic N) is 2. The van der Waals surface area contributed by atoms with Gasteiger partial charge in [-0.2, -0.15) is 0 Å². The van der Waals surface area contributed by atoms with E-state index in [1.807, 2.05) is 25.1 Å². The van der Waals surface area contributed by atoms with Crippen molar-refractivity contribution in [3.8, 4) is 11.4 Å². The van der Waals surface area contributed by atoms with Crippen LogP contribution in [0.3, 0.4) is 0 Å². The lowest BCUT2D eigenvalue weighted by Crippen LogP contribution is -2.28. The molecule has 0 spiro atoms. The molecule has 0 atom stereocenters. The Kier molecular flexibility index (Phi) is 4.99. The third-order valence-corrected chi connectivity index (χ3v) is 3.56. The molecule has 0 radical (unpaired) electrons. The first-order valence-electron chi connectivity index (χ1n) is 7.79. The Bertz CT molecular complexity index is 863. The number of halogens is 1. The number of nitrogens with one attached hydrogen (secondary N) is 2.